The van der Waals surface area contributed by atoms with Crippen molar-refractivity contribution in [1.82, 2.24) is 9.97 Å². The van der Waals surface area contributed by atoms with E-state index in [-0.39, 0.29) is 30.7 Å². The average Bonchev–Trinajstić information content (AvgIpc) is 3.16. The van der Waals surface area contributed by atoms with Crippen molar-refractivity contribution in [2.45, 2.75) is 6.54 Å². The van der Waals surface area contributed by atoms with Crippen LogP contribution in [0.25, 0.3) is 0 Å². The number of benzene rings is 2. The summed E-state index contributed by atoms with van der Waals surface area (Å²) in [5.41, 5.74) is 0.475. The van der Waals surface area contributed by atoms with Crippen LogP contribution in [0.3, 0.4) is 0 Å². The fraction of sp³-hybridized carbons (Fsp3) is 0.111. The second-order valence-electron chi connectivity index (χ2n) is 5.97. The third kappa shape index (κ3) is 4.04. The minimum Gasteiger partial charge on any atom is -0.454 e. The predicted molar refractivity (Wildman–Crippen MR) is 106 cm³/mol. The van der Waals surface area contributed by atoms with Gasteiger partial charge in [0.05, 0.1) is 10.6 Å². The first kappa shape index (κ1) is 18.9. The lowest BCUT2D eigenvalue weighted by Crippen LogP contribution is -2.08. The van der Waals surface area contributed by atoms with Crippen molar-refractivity contribution in [2.75, 3.05) is 17.4 Å². The second-order valence-corrected chi connectivity index (χ2v) is 6.88. The first-order valence-electron chi connectivity index (χ1n) is 8.35. The molecule has 1 aliphatic rings. The lowest BCUT2D eigenvalue weighted by molar-refractivity contribution is -0.383. The number of hydrogen-bond donors (Lipinski definition) is 2. The number of fused-ring (bicyclic) bond motifs is 1. The van der Waals surface area contributed by atoms with Gasteiger partial charge in [0.2, 0.25) is 18.4 Å². The lowest BCUT2D eigenvalue weighted by Gasteiger charge is -2.11. The number of nitrogens with one attached hydrogen (secondary N) is 2. The molecule has 0 aliphatic carbocycles. The standard InChI is InChI=1S/C18H13BrFN5O4/c19-11-2-3-13(12(20)6-11)24-18-16(25(26)27)17(22-8-23-18)21-7-10-1-4-14-15(5-10)29-9-28-14/h1-6,8H,7,9H2,(H2,21,22,23,24). The minimum atomic E-state index is -0.624. The van der Waals surface area contributed by atoms with E-state index >= 15 is 0 Å². The molecule has 148 valence electrons. The van der Waals surface area contributed by atoms with Crippen LogP contribution in [-0.4, -0.2) is 21.7 Å². The molecule has 0 unspecified atom stereocenters. The van der Waals surface area contributed by atoms with Crippen molar-refractivity contribution in [3.8, 4) is 11.5 Å². The van der Waals surface area contributed by atoms with Crippen molar-refractivity contribution < 1.29 is 18.8 Å². The number of hydrogen-bond acceptors (Lipinski definition) is 8. The summed E-state index contributed by atoms with van der Waals surface area (Å²) in [5.74, 6) is 0.545. The zero-order chi connectivity index (χ0) is 20.4. The van der Waals surface area contributed by atoms with Gasteiger partial charge in [0.15, 0.2) is 11.5 Å². The monoisotopic (exact) mass is 461 g/mol. The van der Waals surface area contributed by atoms with Gasteiger partial charge in [-0.05, 0) is 35.9 Å². The Bertz CT molecular complexity index is 1100. The molecule has 0 saturated carbocycles. The van der Waals surface area contributed by atoms with Crippen LogP contribution in [0.5, 0.6) is 11.5 Å². The summed E-state index contributed by atoms with van der Waals surface area (Å²) < 4.78 is 25.2. The second kappa shape index (κ2) is 7.87. The van der Waals surface area contributed by atoms with Crippen LogP contribution in [-0.2, 0) is 6.54 Å². The molecule has 0 saturated heterocycles. The molecule has 1 aromatic heterocycles. The average molecular weight is 462 g/mol. The molecule has 0 radical (unpaired) electrons. The summed E-state index contributed by atoms with van der Waals surface area (Å²) >= 11 is 3.16. The predicted octanol–water partition coefficient (Wildman–Crippen LogP) is 4.37. The summed E-state index contributed by atoms with van der Waals surface area (Å²) in [6, 6.07) is 9.65. The van der Waals surface area contributed by atoms with Crippen LogP contribution in [0.2, 0.25) is 0 Å². The Morgan fingerprint density at radius 2 is 1.93 bits per heavy atom. The molecule has 2 heterocycles. The fourth-order valence-electron chi connectivity index (χ4n) is 2.73. The molecule has 9 nitrogen and oxygen atoms in total. The van der Waals surface area contributed by atoms with Gasteiger partial charge in [-0.2, -0.15) is 0 Å². The molecule has 3 aromatic rings. The van der Waals surface area contributed by atoms with Gasteiger partial charge >= 0.3 is 5.69 Å². The topological polar surface area (TPSA) is 111 Å². The summed E-state index contributed by atoms with van der Waals surface area (Å²) in [6.45, 7) is 0.409. The quantitative estimate of drug-likeness (QED) is 0.411. The van der Waals surface area contributed by atoms with Gasteiger partial charge in [-0.1, -0.05) is 22.0 Å². The molecule has 29 heavy (non-hydrogen) atoms. The number of aromatic nitrogens is 2. The SMILES string of the molecule is O=[N+]([O-])c1c(NCc2ccc3c(c2)OCO3)ncnc1Nc1ccc(Br)cc1F. The Morgan fingerprint density at radius 1 is 1.14 bits per heavy atom. The van der Waals surface area contributed by atoms with Gasteiger partial charge in [-0.3, -0.25) is 10.1 Å². The zero-order valence-electron chi connectivity index (χ0n) is 14.7. The Balaban J connectivity index is 1.58. The maximum atomic E-state index is 14.1. The highest BCUT2D eigenvalue weighted by atomic mass is 79.9. The van der Waals surface area contributed by atoms with Gasteiger partial charge in [0.1, 0.15) is 12.1 Å². The van der Waals surface area contributed by atoms with E-state index in [4.69, 9.17) is 9.47 Å². The summed E-state index contributed by atoms with van der Waals surface area (Å²) in [6.07, 6.45) is 1.16. The molecule has 4 rings (SSSR count). The van der Waals surface area contributed by atoms with Crippen molar-refractivity contribution >= 4 is 38.9 Å². The lowest BCUT2D eigenvalue weighted by atomic mass is 10.2. The third-order valence-electron chi connectivity index (χ3n) is 4.09. The Kier molecular flexibility index (Phi) is 5.12. The molecule has 0 spiro atoms. The fourth-order valence-corrected chi connectivity index (χ4v) is 3.06. The molecule has 0 amide bonds. The molecular formula is C18H13BrFN5O4. The van der Waals surface area contributed by atoms with Gasteiger partial charge in [-0.25, -0.2) is 14.4 Å². The van der Waals surface area contributed by atoms with Gasteiger partial charge in [0.25, 0.3) is 0 Å². The largest absolute Gasteiger partial charge is 0.454 e. The molecule has 11 heteroatoms. The van der Waals surface area contributed by atoms with E-state index in [0.717, 1.165) is 11.9 Å². The number of anilines is 3. The van der Waals surface area contributed by atoms with Crippen LogP contribution in [0, 0.1) is 15.9 Å². The highest BCUT2D eigenvalue weighted by Gasteiger charge is 2.24. The van der Waals surface area contributed by atoms with E-state index in [1.54, 1.807) is 18.2 Å². The Hall–Kier alpha value is -3.47. The number of nitro groups is 1. The van der Waals surface area contributed by atoms with E-state index in [9.17, 15) is 14.5 Å². The van der Waals surface area contributed by atoms with Crippen LogP contribution >= 0.6 is 15.9 Å². The highest BCUT2D eigenvalue weighted by Crippen LogP contribution is 2.34. The van der Waals surface area contributed by atoms with Crippen LogP contribution < -0.4 is 20.1 Å². The summed E-state index contributed by atoms with van der Waals surface area (Å²) in [4.78, 5) is 18.9. The van der Waals surface area contributed by atoms with E-state index in [1.807, 2.05) is 6.07 Å². The molecule has 0 atom stereocenters. The van der Waals surface area contributed by atoms with Gasteiger partial charge in [-0.15, -0.1) is 0 Å². The summed E-state index contributed by atoms with van der Waals surface area (Å²) in [7, 11) is 0. The van der Waals surface area contributed by atoms with E-state index in [2.05, 4.69) is 36.5 Å². The van der Waals surface area contributed by atoms with Crippen molar-refractivity contribution in [3.63, 3.8) is 0 Å². The van der Waals surface area contributed by atoms with E-state index < -0.39 is 16.4 Å². The minimum absolute atomic E-state index is 0.00249. The molecule has 2 N–H and O–H groups in total. The molecule has 0 fully saturated rings. The Morgan fingerprint density at radius 3 is 2.72 bits per heavy atom. The normalized spacial score (nSPS) is 11.9. The van der Waals surface area contributed by atoms with E-state index in [0.29, 0.717) is 16.0 Å². The number of halogens is 2. The number of ether oxygens (including phenoxy) is 2. The molecule has 2 aromatic carbocycles. The van der Waals surface area contributed by atoms with Gasteiger partial charge < -0.3 is 20.1 Å². The zero-order valence-corrected chi connectivity index (χ0v) is 16.3. The van der Waals surface area contributed by atoms with Crippen molar-refractivity contribution in [2.24, 2.45) is 0 Å². The van der Waals surface area contributed by atoms with Crippen LogP contribution in [0.15, 0.2) is 47.2 Å². The first-order valence-corrected chi connectivity index (χ1v) is 9.14. The molecule has 1 aliphatic heterocycles. The Labute approximate surface area is 172 Å². The molecular weight excluding hydrogens is 449 g/mol. The van der Waals surface area contributed by atoms with Gasteiger partial charge in [0, 0.05) is 11.0 Å². The number of rotatable bonds is 6. The smallest absolute Gasteiger partial charge is 0.353 e. The van der Waals surface area contributed by atoms with Crippen molar-refractivity contribution in [1.29, 1.82) is 0 Å². The third-order valence-corrected chi connectivity index (χ3v) is 4.58. The molecule has 0 bridgehead atoms. The van der Waals surface area contributed by atoms with Crippen LogP contribution in [0.1, 0.15) is 5.56 Å². The summed E-state index contributed by atoms with van der Waals surface area (Å²) in [5, 5.41) is 17.2. The first-order chi connectivity index (χ1) is 14.0. The van der Waals surface area contributed by atoms with E-state index in [1.165, 1.54) is 12.1 Å². The maximum absolute atomic E-state index is 14.1. The van der Waals surface area contributed by atoms with Crippen molar-refractivity contribution in [3.05, 3.63) is 68.7 Å². The maximum Gasteiger partial charge on any atom is 0.353 e. The highest BCUT2D eigenvalue weighted by molar-refractivity contribution is 9.10. The number of nitrogens with zero attached hydrogens (tertiary/aromatic N) is 3. The van der Waals surface area contributed by atoms with Crippen LogP contribution in [0.4, 0.5) is 27.4 Å².